The number of likely N-dealkylation sites (tertiary alicyclic amines) is 1. The fourth-order valence-electron chi connectivity index (χ4n) is 4.03. The van der Waals surface area contributed by atoms with Crippen molar-refractivity contribution in [2.45, 2.75) is 38.8 Å². The van der Waals surface area contributed by atoms with E-state index in [-0.39, 0.29) is 18.0 Å². The van der Waals surface area contributed by atoms with Crippen molar-refractivity contribution >= 4 is 16.9 Å². The van der Waals surface area contributed by atoms with Gasteiger partial charge in [0.1, 0.15) is 11.5 Å². The molecule has 4 rings (SSSR count). The normalized spacial score (nSPS) is 16.6. The topological polar surface area (TPSA) is 69.5 Å². The molecule has 7 heteroatoms. The van der Waals surface area contributed by atoms with Crippen LogP contribution in [-0.2, 0) is 0 Å². The molecule has 3 aromatic rings. The van der Waals surface area contributed by atoms with E-state index in [1.807, 2.05) is 33.8 Å². The summed E-state index contributed by atoms with van der Waals surface area (Å²) in [4.78, 5) is 19.8. The predicted octanol–water partition coefficient (Wildman–Crippen LogP) is 4.01. The number of carbonyl (C=O) groups excluding carboxylic acids is 1. The second-order valence-electron chi connectivity index (χ2n) is 7.58. The number of benzene rings is 1. The SMILES string of the molecule is COc1ccc([C@@H]2CCCN2C(=O)c2cnc3c(cnn3C(C)C)c2)c(OC)c1. The lowest BCUT2D eigenvalue weighted by atomic mass is 10.0. The Labute approximate surface area is 170 Å². The van der Waals surface area contributed by atoms with Gasteiger partial charge < -0.3 is 14.4 Å². The molecule has 2 aromatic heterocycles. The van der Waals surface area contributed by atoms with Crippen LogP contribution in [0.15, 0.2) is 36.7 Å². The fourth-order valence-corrected chi connectivity index (χ4v) is 4.03. The van der Waals surface area contributed by atoms with Gasteiger partial charge >= 0.3 is 0 Å². The number of nitrogens with zero attached hydrogens (tertiary/aromatic N) is 4. The summed E-state index contributed by atoms with van der Waals surface area (Å²) in [5.74, 6) is 1.45. The number of carbonyl (C=O) groups is 1. The summed E-state index contributed by atoms with van der Waals surface area (Å²) < 4.78 is 12.7. The van der Waals surface area contributed by atoms with Crippen LogP contribution in [0.2, 0.25) is 0 Å². The molecule has 7 nitrogen and oxygen atoms in total. The Morgan fingerprint density at radius 3 is 2.72 bits per heavy atom. The van der Waals surface area contributed by atoms with Crippen molar-refractivity contribution in [3.8, 4) is 11.5 Å². The van der Waals surface area contributed by atoms with E-state index in [0.717, 1.165) is 40.9 Å². The molecule has 1 aliphatic rings. The molecule has 0 spiro atoms. The van der Waals surface area contributed by atoms with Crippen molar-refractivity contribution in [1.29, 1.82) is 0 Å². The lowest BCUT2D eigenvalue weighted by Gasteiger charge is -2.26. The van der Waals surface area contributed by atoms with Crippen molar-refractivity contribution in [1.82, 2.24) is 19.7 Å². The molecule has 0 aliphatic carbocycles. The number of hydrogen-bond acceptors (Lipinski definition) is 5. The number of ether oxygens (including phenoxy) is 2. The van der Waals surface area contributed by atoms with Gasteiger partial charge in [0.2, 0.25) is 0 Å². The van der Waals surface area contributed by atoms with E-state index in [1.54, 1.807) is 26.6 Å². The van der Waals surface area contributed by atoms with Crippen molar-refractivity contribution in [3.63, 3.8) is 0 Å². The van der Waals surface area contributed by atoms with Gasteiger partial charge in [0.15, 0.2) is 5.65 Å². The summed E-state index contributed by atoms with van der Waals surface area (Å²) >= 11 is 0. The molecule has 0 N–H and O–H groups in total. The van der Waals surface area contributed by atoms with E-state index in [0.29, 0.717) is 12.1 Å². The van der Waals surface area contributed by atoms with Crippen molar-refractivity contribution in [2.24, 2.45) is 0 Å². The zero-order valence-electron chi connectivity index (χ0n) is 17.3. The van der Waals surface area contributed by atoms with Crippen LogP contribution in [0.3, 0.4) is 0 Å². The van der Waals surface area contributed by atoms with Crippen LogP contribution in [0.1, 0.15) is 54.7 Å². The van der Waals surface area contributed by atoms with Crippen LogP contribution < -0.4 is 9.47 Å². The molecule has 29 heavy (non-hydrogen) atoms. The summed E-state index contributed by atoms with van der Waals surface area (Å²) in [6, 6.07) is 7.83. The van der Waals surface area contributed by atoms with Crippen LogP contribution >= 0.6 is 0 Å². The van der Waals surface area contributed by atoms with E-state index in [4.69, 9.17) is 9.47 Å². The first-order valence-corrected chi connectivity index (χ1v) is 9.89. The second-order valence-corrected chi connectivity index (χ2v) is 7.58. The van der Waals surface area contributed by atoms with Crippen LogP contribution in [0.5, 0.6) is 11.5 Å². The number of hydrogen-bond donors (Lipinski definition) is 0. The van der Waals surface area contributed by atoms with E-state index < -0.39 is 0 Å². The third-order valence-corrected chi connectivity index (χ3v) is 5.48. The summed E-state index contributed by atoms with van der Waals surface area (Å²) in [5, 5.41) is 5.27. The number of methoxy groups -OCH3 is 2. The number of amides is 1. The Kier molecular flexibility index (Phi) is 5.13. The smallest absolute Gasteiger partial charge is 0.255 e. The van der Waals surface area contributed by atoms with Crippen LogP contribution in [0.25, 0.3) is 11.0 Å². The minimum Gasteiger partial charge on any atom is -0.497 e. The number of aromatic nitrogens is 3. The Hall–Kier alpha value is -3.09. The second kappa shape index (κ2) is 7.73. The molecule has 0 radical (unpaired) electrons. The molecule has 3 heterocycles. The Balaban J connectivity index is 1.65. The molecule has 1 amide bonds. The van der Waals surface area contributed by atoms with Crippen molar-refractivity contribution < 1.29 is 14.3 Å². The molecule has 1 fully saturated rings. The van der Waals surface area contributed by atoms with Gasteiger partial charge in [0.05, 0.1) is 32.0 Å². The molecule has 152 valence electrons. The summed E-state index contributed by atoms with van der Waals surface area (Å²) in [7, 11) is 3.27. The van der Waals surface area contributed by atoms with Gasteiger partial charge in [-0.2, -0.15) is 5.10 Å². The number of rotatable bonds is 5. The van der Waals surface area contributed by atoms with Gasteiger partial charge in [-0.15, -0.1) is 0 Å². The number of fused-ring (bicyclic) bond motifs is 1. The maximum Gasteiger partial charge on any atom is 0.255 e. The molecule has 1 atom stereocenters. The first kappa shape index (κ1) is 19.2. The highest BCUT2D eigenvalue weighted by atomic mass is 16.5. The maximum absolute atomic E-state index is 13.3. The molecule has 1 aliphatic heterocycles. The molecular weight excluding hydrogens is 368 g/mol. The Bertz CT molecular complexity index is 1040. The number of pyridine rings is 1. The molecule has 1 saturated heterocycles. The van der Waals surface area contributed by atoms with Crippen LogP contribution in [0.4, 0.5) is 0 Å². The lowest BCUT2D eigenvalue weighted by Crippen LogP contribution is -2.30. The van der Waals surface area contributed by atoms with Gasteiger partial charge in [-0.25, -0.2) is 9.67 Å². The molecule has 1 aromatic carbocycles. The first-order valence-electron chi connectivity index (χ1n) is 9.89. The Morgan fingerprint density at radius 2 is 2.00 bits per heavy atom. The average molecular weight is 394 g/mol. The van der Waals surface area contributed by atoms with Crippen molar-refractivity contribution in [2.75, 3.05) is 20.8 Å². The molecular formula is C22H26N4O3. The van der Waals surface area contributed by atoms with Crippen LogP contribution in [0, 0.1) is 0 Å². The van der Waals surface area contributed by atoms with Gasteiger partial charge in [-0.3, -0.25) is 4.79 Å². The third kappa shape index (κ3) is 3.41. The van der Waals surface area contributed by atoms with Crippen LogP contribution in [-0.4, -0.2) is 46.3 Å². The molecule has 0 unspecified atom stereocenters. The molecule has 0 bridgehead atoms. The predicted molar refractivity (Wildman–Crippen MR) is 110 cm³/mol. The van der Waals surface area contributed by atoms with Gasteiger partial charge in [0, 0.05) is 35.8 Å². The minimum atomic E-state index is -0.0301. The average Bonchev–Trinajstić information content (AvgIpc) is 3.39. The fraction of sp³-hybridized carbons (Fsp3) is 0.409. The largest absolute Gasteiger partial charge is 0.497 e. The first-order chi connectivity index (χ1) is 14.0. The van der Waals surface area contributed by atoms with Crippen molar-refractivity contribution in [3.05, 3.63) is 47.8 Å². The highest BCUT2D eigenvalue weighted by Crippen LogP contribution is 2.39. The van der Waals surface area contributed by atoms with E-state index >= 15 is 0 Å². The van der Waals surface area contributed by atoms with E-state index in [9.17, 15) is 4.79 Å². The quantitative estimate of drug-likeness (QED) is 0.654. The van der Waals surface area contributed by atoms with Gasteiger partial charge in [-0.05, 0) is 44.9 Å². The van der Waals surface area contributed by atoms with Gasteiger partial charge in [0.25, 0.3) is 5.91 Å². The lowest BCUT2D eigenvalue weighted by molar-refractivity contribution is 0.0734. The minimum absolute atomic E-state index is 0.0166. The summed E-state index contributed by atoms with van der Waals surface area (Å²) in [5.41, 5.74) is 2.38. The highest BCUT2D eigenvalue weighted by molar-refractivity contribution is 5.97. The zero-order valence-corrected chi connectivity index (χ0v) is 17.3. The standard InChI is InChI=1S/C22H26N4O3/c1-14(2)26-21-15(13-24-26)10-16(12-23-21)22(27)25-9-5-6-19(25)18-8-7-17(28-3)11-20(18)29-4/h7-8,10-14,19H,5-6,9H2,1-4H3/t19-/m0/s1. The van der Waals surface area contributed by atoms with E-state index in [1.165, 1.54) is 0 Å². The van der Waals surface area contributed by atoms with E-state index in [2.05, 4.69) is 23.9 Å². The highest BCUT2D eigenvalue weighted by Gasteiger charge is 2.33. The maximum atomic E-state index is 13.3. The summed E-state index contributed by atoms with van der Waals surface area (Å²) in [6.45, 7) is 4.83. The summed E-state index contributed by atoms with van der Waals surface area (Å²) in [6.07, 6.45) is 5.28. The zero-order chi connectivity index (χ0) is 20.5. The molecule has 0 saturated carbocycles. The van der Waals surface area contributed by atoms with Gasteiger partial charge in [-0.1, -0.05) is 0 Å². The Morgan fingerprint density at radius 1 is 1.17 bits per heavy atom. The monoisotopic (exact) mass is 394 g/mol. The third-order valence-electron chi connectivity index (χ3n) is 5.48.